The quantitative estimate of drug-likeness (QED) is 0.872. The minimum Gasteiger partial charge on any atom is -0.496 e. The highest BCUT2D eigenvalue weighted by molar-refractivity contribution is 5.88. The van der Waals surface area contributed by atoms with Gasteiger partial charge in [-0.25, -0.2) is 0 Å². The molecular formula is C16H23NO4. The van der Waals surface area contributed by atoms with Crippen LogP contribution < -0.4 is 4.74 Å². The molecule has 1 aromatic rings. The highest BCUT2D eigenvalue weighted by Crippen LogP contribution is 2.32. The van der Waals surface area contributed by atoms with E-state index in [2.05, 4.69) is 0 Å². The van der Waals surface area contributed by atoms with Gasteiger partial charge in [-0.15, -0.1) is 0 Å². The molecule has 0 aliphatic rings. The van der Waals surface area contributed by atoms with Crippen LogP contribution >= 0.6 is 0 Å². The van der Waals surface area contributed by atoms with Crippen molar-refractivity contribution >= 4 is 11.9 Å². The number of aliphatic carboxylic acids is 1. The van der Waals surface area contributed by atoms with E-state index in [9.17, 15) is 9.59 Å². The normalized spacial score (nSPS) is 12.6. The van der Waals surface area contributed by atoms with Gasteiger partial charge in [0.2, 0.25) is 5.91 Å². The third kappa shape index (κ3) is 3.74. The molecule has 0 bridgehead atoms. The second-order valence-electron chi connectivity index (χ2n) is 5.75. The van der Waals surface area contributed by atoms with Gasteiger partial charge < -0.3 is 14.7 Å². The van der Waals surface area contributed by atoms with Crippen molar-refractivity contribution in [1.82, 2.24) is 4.90 Å². The summed E-state index contributed by atoms with van der Waals surface area (Å²) in [6.07, 6.45) is 0. The van der Waals surface area contributed by atoms with Gasteiger partial charge >= 0.3 is 5.97 Å². The molecule has 1 N–H and O–H groups in total. The van der Waals surface area contributed by atoms with Crippen molar-refractivity contribution in [3.05, 3.63) is 29.8 Å². The summed E-state index contributed by atoms with van der Waals surface area (Å²) < 4.78 is 5.32. The Morgan fingerprint density at radius 2 is 1.90 bits per heavy atom. The van der Waals surface area contributed by atoms with E-state index in [1.165, 1.54) is 4.90 Å². The minimum absolute atomic E-state index is 0.139. The van der Waals surface area contributed by atoms with E-state index in [1.807, 2.05) is 38.1 Å². The molecule has 0 spiro atoms. The van der Waals surface area contributed by atoms with E-state index in [-0.39, 0.29) is 12.5 Å². The van der Waals surface area contributed by atoms with Crippen molar-refractivity contribution in [2.24, 2.45) is 5.92 Å². The topological polar surface area (TPSA) is 66.8 Å². The van der Waals surface area contributed by atoms with Gasteiger partial charge in [0, 0.05) is 19.2 Å². The number of nitrogens with zero attached hydrogens (tertiary/aromatic N) is 1. The molecule has 1 aromatic carbocycles. The first kappa shape index (κ1) is 17.0. The van der Waals surface area contributed by atoms with Gasteiger partial charge in [-0.1, -0.05) is 25.1 Å². The highest BCUT2D eigenvalue weighted by atomic mass is 16.5. The van der Waals surface area contributed by atoms with Crippen LogP contribution in [-0.2, 0) is 15.0 Å². The SMILES string of the molecule is COc1ccccc1C(C)(C)C(=O)N(C)CC(C)C(=O)O. The Hall–Kier alpha value is -2.04. The molecule has 0 saturated carbocycles. The molecule has 1 unspecified atom stereocenters. The second kappa shape index (κ2) is 6.61. The molecule has 0 aliphatic heterocycles. The van der Waals surface area contributed by atoms with Crippen LogP contribution in [0, 0.1) is 5.92 Å². The number of carbonyl (C=O) groups is 2. The molecule has 116 valence electrons. The van der Waals surface area contributed by atoms with Crippen LogP contribution in [0.2, 0.25) is 0 Å². The lowest BCUT2D eigenvalue weighted by Gasteiger charge is -2.31. The molecule has 5 heteroatoms. The lowest BCUT2D eigenvalue weighted by atomic mass is 9.82. The number of ether oxygens (including phenoxy) is 1. The molecule has 1 rings (SSSR count). The van der Waals surface area contributed by atoms with Crippen LogP contribution in [-0.4, -0.2) is 42.6 Å². The van der Waals surface area contributed by atoms with Crippen molar-refractivity contribution < 1.29 is 19.4 Å². The average molecular weight is 293 g/mol. The largest absolute Gasteiger partial charge is 0.496 e. The fourth-order valence-electron chi connectivity index (χ4n) is 2.33. The van der Waals surface area contributed by atoms with Gasteiger partial charge in [-0.3, -0.25) is 9.59 Å². The molecule has 0 heterocycles. The molecule has 5 nitrogen and oxygen atoms in total. The zero-order valence-corrected chi connectivity index (χ0v) is 13.2. The summed E-state index contributed by atoms with van der Waals surface area (Å²) in [5.74, 6) is -1.01. The number of para-hydroxylation sites is 1. The van der Waals surface area contributed by atoms with Crippen molar-refractivity contribution in [3.63, 3.8) is 0 Å². The van der Waals surface area contributed by atoms with Gasteiger partial charge in [-0.2, -0.15) is 0 Å². The monoisotopic (exact) mass is 293 g/mol. The van der Waals surface area contributed by atoms with Crippen LogP contribution in [0.5, 0.6) is 5.75 Å². The minimum atomic E-state index is -0.912. The summed E-state index contributed by atoms with van der Waals surface area (Å²) in [5, 5.41) is 8.96. The van der Waals surface area contributed by atoms with E-state index in [4.69, 9.17) is 9.84 Å². The number of carbonyl (C=O) groups excluding carboxylic acids is 1. The van der Waals surface area contributed by atoms with Crippen LogP contribution in [0.3, 0.4) is 0 Å². The van der Waals surface area contributed by atoms with E-state index >= 15 is 0 Å². The number of hydrogen-bond acceptors (Lipinski definition) is 3. The number of carboxylic acid groups (broad SMARTS) is 1. The van der Waals surface area contributed by atoms with Gasteiger partial charge in [0.05, 0.1) is 18.4 Å². The molecule has 0 saturated heterocycles. The number of methoxy groups -OCH3 is 1. The van der Waals surface area contributed by atoms with Gasteiger partial charge in [0.25, 0.3) is 0 Å². The smallest absolute Gasteiger partial charge is 0.308 e. The van der Waals surface area contributed by atoms with Gasteiger partial charge in [0.1, 0.15) is 5.75 Å². The van der Waals surface area contributed by atoms with E-state index in [0.29, 0.717) is 5.75 Å². The second-order valence-corrected chi connectivity index (χ2v) is 5.75. The molecule has 1 amide bonds. The lowest BCUT2D eigenvalue weighted by molar-refractivity contribution is -0.143. The molecular weight excluding hydrogens is 270 g/mol. The standard InChI is InChI=1S/C16H23NO4/c1-11(14(18)19)10-17(4)15(20)16(2,3)12-8-6-7-9-13(12)21-5/h6-9,11H,10H2,1-5H3,(H,18,19). The molecule has 21 heavy (non-hydrogen) atoms. The zero-order chi connectivity index (χ0) is 16.2. The summed E-state index contributed by atoms with van der Waals surface area (Å²) in [4.78, 5) is 25.1. The number of carboxylic acids is 1. The predicted octanol–water partition coefficient (Wildman–Crippen LogP) is 2.15. The van der Waals surface area contributed by atoms with Crippen LogP contribution in [0.1, 0.15) is 26.3 Å². The fourth-order valence-corrected chi connectivity index (χ4v) is 2.33. The van der Waals surface area contributed by atoms with Gasteiger partial charge in [0.15, 0.2) is 0 Å². The first-order valence-corrected chi connectivity index (χ1v) is 6.83. The predicted molar refractivity (Wildman–Crippen MR) is 80.5 cm³/mol. The molecule has 0 aliphatic carbocycles. The lowest BCUT2D eigenvalue weighted by Crippen LogP contribution is -2.44. The maximum atomic E-state index is 12.7. The van der Waals surface area contributed by atoms with Crippen molar-refractivity contribution in [2.75, 3.05) is 20.7 Å². The Labute approximate surface area is 125 Å². The third-order valence-electron chi connectivity index (χ3n) is 3.63. The number of benzene rings is 1. The Morgan fingerprint density at radius 1 is 1.33 bits per heavy atom. The number of amides is 1. The Balaban J connectivity index is 3.01. The first-order chi connectivity index (χ1) is 9.71. The molecule has 0 radical (unpaired) electrons. The number of likely N-dealkylation sites (N-methyl/N-ethyl adjacent to an activating group) is 1. The first-order valence-electron chi connectivity index (χ1n) is 6.83. The van der Waals surface area contributed by atoms with Crippen LogP contribution in [0.4, 0.5) is 0 Å². The number of rotatable bonds is 6. The van der Waals surface area contributed by atoms with E-state index in [0.717, 1.165) is 5.56 Å². The van der Waals surface area contributed by atoms with Crippen LogP contribution in [0.25, 0.3) is 0 Å². The van der Waals surface area contributed by atoms with Crippen LogP contribution in [0.15, 0.2) is 24.3 Å². The Kier molecular flexibility index (Phi) is 5.35. The fraction of sp³-hybridized carbons (Fsp3) is 0.500. The Morgan fingerprint density at radius 3 is 2.43 bits per heavy atom. The highest BCUT2D eigenvalue weighted by Gasteiger charge is 2.35. The number of hydrogen-bond donors (Lipinski definition) is 1. The molecule has 0 aromatic heterocycles. The van der Waals surface area contributed by atoms with E-state index < -0.39 is 17.3 Å². The maximum Gasteiger partial charge on any atom is 0.308 e. The summed E-state index contributed by atoms with van der Waals surface area (Å²) in [6, 6.07) is 7.36. The summed E-state index contributed by atoms with van der Waals surface area (Å²) >= 11 is 0. The van der Waals surface area contributed by atoms with Crippen molar-refractivity contribution in [3.8, 4) is 5.75 Å². The maximum absolute atomic E-state index is 12.7. The zero-order valence-electron chi connectivity index (χ0n) is 13.2. The van der Waals surface area contributed by atoms with Gasteiger partial charge in [-0.05, 0) is 19.9 Å². The Bertz CT molecular complexity index is 525. The molecule has 1 atom stereocenters. The van der Waals surface area contributed by atoms with Crippen molar-refractivity contribution in [1.29, 1.82) is 0 Å². The van der Waals surface area contributed by atoms with E-state index in [1.54, 1.807) is 21.1 Å². The average Bonchev–Trinajstić information content (AvgIpc) is 2.45. The summed E-state index contributed by atoms with van der Waals surface area (Å²) in [6.45, 7) is 5.39. The third-order valence-corrected chi connectivity index (χ3v) is 3.63. The molecule has 0 fully saturated rings. The summed E-state index contributed by atoms with van der Waals surface area (Å²) in [7, 11) is 3.19. The van der Waals surface area contributed by atoms with Crippen molar-refractivity contribution in [2.45, 2.75) is 26.2 Å². The summed E-state index contributed by atoms with van der Waals surface area (Å²) in [5.41, 5.74) is -0.00752.